The van der Waals surface area contributed by atoms with Gasteiger partial charge in [-0.3, -0.25) is 4.68 Å². The van der Waals surface area contributed by atoms with Crippen molar-refractivity contribution in [2.24, 2.45) is 0 Å². The second kappa shape index (κ2) is 9.22. The minimum atomic E-state index is -1.89. The molecule has 32 heavy (non-hydrogen) atoms. The van der Waals surface area contributed by atoms with E-state index in [1.165, 1.54) is 6.20 Å². The van der Waals surface area contributed by atoms with Crippen LogP contribution < -0.4 is 5.46 Å². The van der Waals surface area contributed by atoms with Crippen molar-refractivity contribution in [3.63, 3.8) is 0 Å². The number of aromatic nitrogens is 2. The predicted molar refractivity (Wildman–Crippen MR) is 123 cm³/mol. The van der Waals surface area contributed by atoms with Gasteiger partial charge in [-0.15, -0.1) is 0 Å². The normalized spacial score (nSPS) is 11.2. The van der Waals surface area contributed by atoms with Gasteiger partial charge in [0, 0.05) is 11.7 Å². The highest BCUT2D eigenvalue weighted by Gasteiger charge is 2.41. The molecular formula is C25H23BN2O4. The van der Waals surface area contributed by atoms with E-state index in [9.17, 15) is 14.8 Å². The van der Waals surface area contributed by atoms with E-state index in [0.717, 1.165) is 16.7 Å². The molecule has 160 valence electrons. The molecule has 1 aromatic heterocycles. The summed E-state index contributed by atoms with van der Waals surface area (Å²) in [5.74, 6) is -0.711. The number of ether oxygens (including phenoxy) is 1. The molecule has 0 aliphatic carbocycles. The molecular weight excluding hydrogens is 403 g/mol. The Hall–Kier alpha value is -3.68. The van der Waals surface area contributed by atoms with Gasteiger partial charge in [-0.1, -0.05) is 91.0 Å². The molecule has 0 amide bonds. The number of nitrogens with zero attached hydrogens (tertiary/aromatic N) is 2. The summed E-state index contributed by atoms with van der Waals surface area (Å²) in [5, 5.41) is 24.6. The van der Waals surface area contributed by atoms with Crippen molar-refractivity contribution in [3.8, 4) is 0 Å². The molecule has 1 heterocycles. The predicted octanol–water partition coefficient (Wildman–Crippen LogP) is 2.58. The Balaban J connectivity index is 2.10. The lowest BCUT2D eigenvalue weighted by molar-refractivity contribution is 0.0519. The molecule has 2 N–H and O–H groups in total. The summed E-state index contributed by atoms with van der Waals surface area (Å²) in [6.45, 7) is 1.83. The molecule has 4 aromatic rings. The van der Waals surface area contributed by atoms with E-state index in [1.54, 1.807) is 11.6 Å². The van der Waals surface area contributed by atoms with Crippen LogP contribution in [0.3, 0.4) is 0 Å². The molecule has 0 aliphatic heterocycles. The molecule has 0 spiro atoms. The fourth-order valence-corrected chi connectivity index (χ4v) is 4.04. The smallest absolute Gasteiger partial charge is 0.461 e. The van der Waals surface area contributed by atoms with Gasteiger partial charge in [0.25, 0.3) is 0 Å². The molecule has 0 saturated carbocycles. The second-order valence-corrected chi connectivity index (χ2v) is 7.28. The van der Waals surface area contributed by atoms with Gasteiger partial charge in [0.05, 0.1) is 6.61 Å². The van der Waals surface area contributed by atoms with Gasteiger partial charge in [-0.25, -0.2) is 4.79 Å². The molecule has 0 aliphatic rings. The fraction of sp³-hybridized carbons (Fsp3) is 0.120. The van der Waals surface area contributed by atoms with E-state index >= 15 is 0 Å². The average molecular weight is 426 g/mol. The highest BCUT2D eigenvalue weighted by atomic mass is 16.5. The average Bonchev–Trinajstić information content (AvgIpc) is 3.28. The topological polar surface area (TPSA) is 84.6 Å². The van der Waals surface area contributed by atoms with Crippen LogP contribution in [0, 0.1) is 0 Å². The standard InChI is InChI=1S/C25H23BN2O4/c1-2-32-24(29)23-22(26(30)31)18-28(27-23)25(19-12-6-3-7-13-19,20-14-8-4-9-15-20)21-16-10-5-11-17-21/h3-18,30-31H,2H2,1H3. The maximum atomic E-state index is 12.6. The summed E-state index contributed by atoms with van der Waals surface area (Å²) in [5.41, 5.74) is 1.57. The van der Waals surface area contributed by atoms with Crippen LogP contribution in [0.4, 0.5) is 0 Å². The van der Waals surface area contributed by atoms with Crippen LogP contribution in [0.25, 0.3) is 0 Å². The lowest BCUT2D eigenvalue weighted by Crippen LogP contribution is -2.39. The monoisotopic (exact) mass is 426 g/mol. The number of carbonyl (C=O) groups is 1. The van der Waals surface area contributed by atoms with Crippen LogP contribution in [0.5, 0.6) is 0 Å². The molecule has 7 heteroatoms. The van der Waals surface area contributed by atoms with Gasteiger partial charge in [0.15, 0.2) is 5.69 Å². The Morgan fingerprint density at radius 3 is 1.69 bits per heavy atom. The summed E-state index contributed by atoms with van der Waals surface area (Å²) < 4.78 is 6.74. The van der Waals surface area contributed by atoms with Crippen LogP contribution in [-0.2, 0) is 10.3 Å². The third-order valence-corrected chi connectivity index (χ3v) is 5.41. The largest absolute Gasteiger partial charge is 0.492 e. The quantitative estimate of drug-likeness (QED) is 0.270. The minimum Gasteiger partial charge on any atom is -0.461 e. The summed E-state index contributed by atoms with van der Waals surface area (Å²) in [4.78, 5) is 12.6. The zero-order chi connectivity index (χ0) is 22.6. The number of benzene rings is 3. The minimum absolute atomic E-state index is 0.0179. The highest BCUT2D eigenvalue weighted by Crippen LogP contribution is 2.40. The first kappa shape index (κ1) is 21.6. The van der Waals surface area contributed by atoms with E-state index in [4.69, 9.17) is 4.74 Å². The van der Waals surface area contributed by atoms with Crippen LogP contribution in [0.15, 0.2) is 97.2 Å². The van der Waals surface area contributed by atoms with Crippen molar-refractivity contribution >= 4 is 18.6 Å². The molecule has 3 aromatic carbocycles. The Labute approximate surface area is 186 Å². The van der Waals surface area contributed by atoms with Crippen molar-refractivity contribution in [3.05, 3.63) is 120 Å². The fourth-order valence-electron chi connectivity index (χ4n) is 4.04. The Morgan fingerprint density at radius 2 is 1.31 bits per heavy atom. The van der Waals surface area contributed by atoms with Crippen molar-refractivity contribution in [1.29, 1.82) is 0 Å². The molecule has 4 rings (SSSR count). The molecule has 0 bridgehead atoms. The van der Waals surface area contributed by atoms with E-state index in [-0.39, 0.29) is 17.8 Å². The molecule has 0 unspecified atom stereocenters. The van der Waals surface area contributed by atoms with Gasteiger partial charge < -0.3 is 14.8 Å². The third-order valence-electron chi connectivity index (χ3n) is 5.41. The van der Waals surface area contributed by atoms with E-state index in [2.05, 4.69) is 5.10 Å². The summed E-state index contributed by atoms with van der Waals surface area (Å²) in [6.07, 6.45) is 1.50. The maximum Gasteiger partial charge on any atom is 0.492 e. The maximum absolute atomic E-state index is 12.6. The summed E-state index contributed by atoms with van der Waals surface area (Å²) in [6, 6.07) is 29.3. The SMILES string of the molecule is CCOC(=O)c1nn(C(c2ccccc2)(c2ccccc2)c2ccccc2)cc1B(O)O. The number of esters is 1. The lowest BCUT2D eigenvalue weighted by atomic mass is 9.76. The number of hydrogen-bond acceptors (Lipinski definition) is 5. The van der Waals surface area contributed by atoms with Gasteiger partial charge in [-0.2, -0.15) is 5.10 Å². The second-order valence-electron chi connectivity index (χ2n) is 7.28. The van der Waals surface area contributed by atoms with Gasteiger partial charge in [0.1, 0.15) is 5.54 Å². The summed E-state index contributed by atoms with van der Waals surface area (Å²) >= 11 is 0. The van der Waals surface area contributed by atoms with Crippen molar-refractivity contribution in [2.45, 2.75) is 12.5 Å². The van der Waals surface area contributed by atoms with Crippen molar-refractivity contribution < 1.29 is 19.6 Å². The van der Waals surface area contributed by atoms with Gasteiger partial charge in [0.2, 0.25) is 0 Å². The molecule has 0 fully saturated rings. The number of hydrogen-bond donors (Lipinski definition) is 2. The number of carbonyl (C=O) groups excluding carboxylic acids is 1. The Morgan fingerprint density at radius 1 is 0.875 bits per heavy atom. The van der Waals surface area contributed by atoms with Crippen LogP contribution in [0.1, 0.15) is 34.1 Å². The first-order valence-corrected chi connectivity index (χ1v) is 10.4. The van der Waals surface area contributed by atoms with E-state index in [1.807, 2.05) is 91.0 Å². The molecule has 0 saturated heterocycles. The Bertz CT molecular complexity index is 1080. The Kier molecular flexibility index (Phi) is 6.21. The van der Waals surface area contributed by atoms with E-state index in [0.29, 0.717) is 0 Å². The molecule has 0 radical (unpaired) electrons. The number of rotatable bonds is 7. The zero-order valence-corrected chi connectivity index (χ0v) is 17.6. The summed E-state index contributed by atoms with van der Waals surface area (Å²) in [7, 11) is -1.89. The van der Waals surface area contributed by atoms with Gasteiger partial charge in [-0.05, 0) is 23.6 Å². The first-order valence-electron chi connectivity index (χ1n) is 10.4. The van der Waals surface area contributed by atoms with Crippen molar-refractivity contribution in [1.82, 2.24) is 9.78 Å². The van der Waals surface area contributed by atoms with Crippen LogP contribution in [-0.4, -0.2) is 39.5 Å². The molecule has 0 atom stereocenters. The van der Waals surface area contributed by atoms with Crippen molar-refractivity contribution in [2.75, 3.05) is 6.61 Å². The third kappa shape index (κ3) is 3.72. The van der Waals surface area contributed by atoms with Crippen LogP contribution >= 0.6 is 0 Å². The lowest BCUT2D eigenvalue weighted by Gasteiger charge is -2.36. The van der Waals surface area contributed by atoms with E-state index < -0.39 is 18.6 Å². The molecule has 6 nitrogen and oxygen atoms in total. The first-order chi connectivity index (χ1) is 15.6. The van der Waals surface area contributed by atoms with Crippen LogP contribution in [0.2, 0.25) is 0 Å². The zero-order valence-electron chi connectivity index (χ0n) is 17.6. The highest BCUT2D eigenvalue weighted by molar-refractivity contribution is 6.60. The van der Waals surface area contributed by atoms with Gasteiger partial charge >= 0.3 is 13.1 Å².